The van der Waals surface area contributed by atoms with Crippen LogP contribution in [0, 0.1) is 0 Å². The molecule has 0 bridgehead atoms. The van der Waals surface area contributed by atoms with Gasteiger partial charge in [-0.2, -0.15) is 10.1 Å². The van der Waals surface area contributed by atoms with E-state index in [0.717, 1.165) is 25.2 Å². The van der Waals surface area contributed by atoms with Gasteiger partial charge in [0.05, 0.1) is 18.0 Å². The molecule has 31 heavy (non-hydrogen) atoms. The van der Waals surface area contributed by atoms with Gasteiger partial charge in [0.25, 0.3) is 5.56 Å². The molecular formula is C23H24N6O2. The average molecular weight is 416 g/mol. The average Bonchev–Trinajstić information content (AvgIpc) is 3.23. The number of aromatic nitrogens is 4. The maximum atomic E-state index is 12.5. The first-order valence-electron chi connectivity index (χ1n) is 10.4. The Labute approximate surface area is 179 Å². The Bertz CT molecular complexity index is 1250. The lowest BCUT2D eigenvalue weighted by Gasteiger charge is -2.30. The van der Waals surface area contributed by atoms with E-state index in [2.05, 4.69) is 49.5 Å². The summed E-state index contributed by atoms with van der Waals surface area (Å²) < 4.78 is 1.64. The second-order valence-corrected chi connectivity index (χ2v) is 7.83. The van der Waals surface area contributed by atoms with E-state index >= 15 is 0 Å². The van der Waals surface area contributed by atoms with Crippen LogP contribution in [0.5, 0.6) is 0 Å². The number of β-amino-alcohol motifs (C(OH)–C–C–N with tert-alkyl or cyclic N) is 1. The van der Waals surface area contributed by atoms with E-state index in [0.29, 0.717) is 23.5 Å². The first kappa shape index (κ1) is 19.5. The number of anilines is 1. The molecule has 1 unspecified atom stereocenters. The van der Waals surface area contributed by atoms with Crippen molar-refractivity contribution < 1.29 is 5.11 Å². The molecule has 0 saturated heterocycles. The molecule has 3 N–H and O–H groups in total. The number of H-pyrrole nitrogens is 1. The van der Waals surface area contributed by atoms with Crippen molar-refractivity contribution in [2.24, 2.45) is 0 Å². The van der Waals surface area contributed by atoms with Gasteiger partial charge in [0.1, 0.15) is 5.39 Å². The van der Waals surface area contributed by atoms with Crippen LogP contribution in [0.25, 0.3) is 16.7 Å². The zero-order valence-corrected chi connectivity index (χ0v) is 17.0. The highest BCUT2D eigenvalue weighted by molar-refractivity contribution is 5.76. The van der Waals surface area contributed by atoms with Gasteiger partial charge < -0.3 is 10.4 Å². The molecule has 158 valence electrons. The van der Waals surface area contributed by atoms with Gasteiger partial charge in [-0.1, -0.05) is 42.5 Å². The molecule has 0 spiro atoms. The zero-order chi connectivity index (χ0) is 21.2. The second kappa shape index (κ2) is 8.33. The van der Waals surface area contributed by atoms with E-state index < -0.39 is 6.10 Å². The molecule has 0 amide bonds. The molecule has 2 aromatic carbocycles. The van der Waals surface area contributed by atoms with Gasteiger partial charge in [-0.05, 0) is 29.7 Å². The molecule has 0 fully saturated rings. The van der Waals surface area contributed by atoms with E-state index in [4.69, 9.17) is 0 Å². The third-order valence-corrected chi connectivity index (χ3v) is 5.62. The molecule has 0 saturated carbocycles. The fourth-order valence-corrected chi connectivity index (χ4v) is 4.05. The number of hydrogen-bond donors (Lipinski definition) is 3. The lowest BCUT2D eigenvalue weighted by molar-refractivity contribution is 0.114. The van der Waals surface area contributed by atoms with Gasteiger partial charge in [-0.3, -0.25) is 14.7 Å². The van der Waals surface area contributed by atoms with Crippen LogP contribution in [0.15, 0.2) is 65.6 Å². The molecule has 1 atom stereocenters. The lowest BCUT2D eigenvalue weighted by Crippen LogP contribution is -2.39. The summed E-state index contributed by atoms with van der Waals surface area (Å²) in [5, 5.41) is 18.3. The van der Waals surface area contributed by atoms with Crippen molar-refractivity contribution in [3.05, 3.63) is 82.3 Å². The van der Waals surface area contributed by atoms with Crippen molar-refractivity contribution >= 4 is 17.0 Å². The minimum atomic E-state index is -0.592. The van der Waals surface area contributed by atoms with Gasteiger partial charge in [0.2, 0.25) is 5.95 Å². The van der Waals surface area contributed by atoms with Gasteiger partial charge in [-0.25, -0.2) is 4.68 Å². The molecule has 0 radical (unpaired) electrons. The first-order valence-corrected chi connectivity index (χ1v) is 10.4. The highest BCUT2D eigenvalue weighted by Crippen LogP contribution is 2.19. The van der Waals surface area contributed by atoms with Crippen LogP contribution >= 0.6 is 0 Å². The van der Waals surface area contributed by atoms with Crippen LogP contribution in [0.1, 0.15) is 11.1 Å². The number of aliphatic hydroxyl groups is 1. The molecule has 2 aromatic heterocycles. The van der Waals surface area contributed by atoms with Gasteiger partial charge >= 0.3 is 0 Å². The summed E-state index contributed by atoms with van der Waals surface area (Å²) in [6.07, 6.45) is 1.91. The normalized spacial score (nSPS) is 15.0. The maximum absolute atomic E-state index is 12.5. The molecule has 4 aromatic rings. The van der Waals surface area contributed by atoms with E-state index in [1.807, 2.05) is 30.3 Å². The Hall–Kier alpha value is -3.49. The van der Waals surface area contributed by atoms with Crippen molar-refractivity contribution in [3.8, 4) is 5.69 Å². The van der Waals surface area contributed by atoms with Crippen molar-refractivity contribution in [1.29, 1.82) is 0 Å². The Balaban J connectivity index is 1.27. The van der Waals surface area contributed by atoms with Crippen LogP contribution in [-0.2, 0) is 13.0 Å². The predicted octanol–water partition coefficient (Wildman–Crippen LogP) is 1.94. The van der Waals surface area contributed by atoms with Gasteiger partial charge in [-0.15, -0.1) is 0 Å². The molecule has 1 aliphatic rings. The lowest BCUT2D eigenvalue weighted by atomic mass is 10.00. The molecular weight excluding hydrogens is 392 g/mol. The smallest absolute Gasteiger partial charge is 0.263 e. The van der Waals surface area contributed by atoms with Crippen LogP contribution in [0.2, 0.25) is 0 Å². The minimum absolute atomic E-state index is 0.267. The summed E-state index contributed by atoms with van der Waals surface area (Å²) in [5.41, 5.74) is 3.74. The number of nitrogens with one attached hydrogen (secondary N) is 2. The number of para-hydroxylation sites is 1. The summed E-state index contributed by atoms with van der Waals surface area (Å²) in [7, 11) is 0. The fraction of sp³-hybridized carbons (Fsp3) is 0.261. The standard InChI is InChI=1S/C23H24N6O2/c30-19(15-28-11-10-16-6-4-5-7-17(16)14-28)12-24-23-26-21-20(22(31)27-23)13-25-29(21)18-8-2-1-3-9-18/h1-9,13,19,30H,10-12,14-15H2,(H2,24,26,27,31). The Morgan fingerprint density at radius 1 is 1.10 bits per heavy atom. The number of fused-ring (bicyclic) bond motifs is 2. The molecule has 8 nitrogen and oxygen atoms in total. The Morgan fingerprint density at radius 3 is 2.71 bits per heavy atom. The summed E-state index contributed by atoms with van der Waals surface area (Å²) in [5.74, 6) is 0.318. The number of aliphatic hydroxyl groups excluding tert-OH is 1. The summed E-state index contributed by atoms with van der Waals surface area (Å²) in [4.78, 5) is 22.0. The third kappa shape index (κ3) is 4.08. The van der Waals surface area contributed by atoms with Crippen molar-refractivity contribution in [2.45, 2.75) is 19.1 Å². The predicted molar refractivity (Wildman–Crippen MR) is 119 cm³/mol. The zero-order valence-electron chi connectivity index (χ0n) is 17.0. The highest BCUT2D eigenvalue weighted by atomic mass is 16.3. The van der Waals surface area contributed by atoms with Crippen molar-refractivity contribution in [2.75, 3.05) is 25.0 Å². The van der Waals surface area contributed by atoms with E-state index in [1.165, 1.54) is 17.3 Å². The molecule has 0 aliphatic carbocycles. The van der Waals surface area contributed by atoms with Crippen molar-refractivity contribution in [3.63, 3.8) is 0 Å². The van der Waals surface area contributed by atoms with Crippen LogP contribution in [0.3, 0.4) is 0 Å². The fourth-order valence-electron chi connectivity index (χ4n) is 4.05. The second-order valence-electron chi connectivity index (χ2n) is 7.83. The van der Waals surface area contributed by atoms with Crippen LogP contribution in [0.4, 0.5) is 5.95 Å². The van der Waals surface area contributed by atoms with E-state index in [9.17, 15) is 9.90 Å². The number of aromatic amines is 1. The number of nitrogens with zero attached hydrogens (tertiary/aromatic N) is 4. The quantitative estimate of drug-likeness (QED) is 0.444. The van der Waals surface area contributed by atoms with Crippen LogP contribution in [-0.4, -0.2) is 55.5 Å². The van der Waals surface area contributed by atoms with Crippen molar-refractivity contribution in [1.82, 2.24) is 24.6 Å². The van der Waals surface area contributed by atoms with Gasteiger partial charge in [0.15, 0.2) is 5.65 Å². The number of rotatable bonds is 6. The molecule has 3 heterocycles. The molecule has 1 aliphatic heterocycles. The Morgan fingerprint density at radius 2 is 1.87 bits per heavy atom. The first-order chi connectivity index (χ1) is 15.2. The van der Waals surface area contributed by atoms with E-state index in [-0.39, 0.29) is 12.1 Å². The molecule has 5 rings (SSSR count). The summed E-state index contributed by atoms with van der Waals surface area (Å²) in [6, 6.07) is 18.0. The van der Waals surface area contributed by atoms with Crippen LogP contribution < -0.4 is 10.9 Å². The number of benzene rings is 2. The number of hydrogen-bond acceptors (Lipinski definition) is 6. The summed E-state index contributed by atoms with van der Waals surface area (Å²) in [6.45, 7) is 2.59. The van der Waals surface area contributed by atoms with Gasteiger partial charge in [0, 0.05) is 26.2 Å². The third-order valence-electron chi connectivity index (χ3n) is 5.62. The largest absolute Gasteiger partial charge is 0.390 e. The monoisotopic (exact) mass is 416 g/mol. The SMILES string of the molecule is O=c1[nH]c(NCC(O)CN2CCc3ccccc3C2)nc2c1cnn2-c1ccccc1. The topological polar surface area (TPSA) is 99.1 Å². The maximum Gasteiger partial charge on any atom is 0.263 e. The van der Waals surface area contributed by atoms with E-state index in [1.54, 1.807) is 4.68 Å². The minimum Gasteiger partial charge on any atom is -0.390 e. The Kier molecular flexibility index (Phi) is 5.23. The summed E-state index contributed by atoms with van der Waals surface area (Å²) >= 11 is 0. The highest BCUT2D eigenvalue weighted by Gasteiger charge is 2.19. The molecule has 8 heteroatoms.